The van der Waals surface area contributed by atoms with Crippen LogP contribution in [0.2, 0.25) is 0 Å². The molecule has 0 unspecified atom stereocenters. The Morgan fingerprint density at radius 3 is 2.81 bits per heavy atom. The minimum Gasteiger partial charge on any atom is -0.342 e. The third kappa shape index (κ3) is 3.05. The average molecular weight is 363 g/mol. The molecule has 6 nitrogen and oxygen atoms in total. The Morgan fingerprint density at radius 1 is 1.30 bits per heavy atom. The van der Waals surface area contributed by atoms with Gasteiger partial charge in [-0.15, -0.1) is 0 Å². The standard InChI is InChI=1S/C21H25N5O/c1-5-15-8-6-7-13(2)20(15)26-11-16(9-19(26)27)21-22-10-18(23-21)17-12-25(4)24-14(17)3/h6-8,10,12,16H,5,9,11H2,1-4H3,(H,22,23)/t16-/m0/s1. The van der Waals surface area contributed by atoms with E-state index in [-0.39, 0.29) is 11.8 Å². The van der Waals surface area contributed by atoms with Crippen LogP contribution in [0.5, 0.6) is 0 Å². The highest BCUT2D eigenvalue weighted by atomic mass is 16.2. The number of nitrogens with one attached hydrogen (secondary N) is 1. The highest BCUT2D eigenvalue weighted by Crippen LogP contribution is 2.35. The number of para-hydroxylation sites is 1. The fourth-order valence-electron chi connectivity index (χ4n) is 4.04. The van der Waals surface area contributed by atoms with Crippen molar-refractivity contribution in [2.45, 2.75) is 39.5 Å². The minimum absolute atomic E-state index is 0.0764. The van der Waals surface area contributed by atoms with Crippen LogP contribution in [-0.2, 0) is 18.3 Å². The van der Waals surface area contributed by atoms with Crippen LogP contribution in [0.4, 0.5) is 5.69 Å². The summed E-state index contributed by atoms with van der Waals surface area (Å²) in [6.07, 6.45) is 5.23. The Labute approximate surface area is 159 Å². The van der Waals surface area contributed by atoms with Crippen LogP contribution in [0.3, 0.4) is 0 Å². The lowest BCUT2D eigenvalue weighted by Gasteiger charge is -2.22. The molecule has 1 aromatic carbocycles. The summed E-state index contributed by atoms with van der Waals surface area (Å²) < 4.78 is 1.80. The van der Waals surface area contributed by atoms with Gasteiger partial charge in [-0.2, -0.15) is 5.10 Å². The molecular formula is C21H25N5O. The molecule has 1 amide bonds. The highest BCUT2D eigenvalue weighted by molar-refractivity contribution is 5.97. The molecule has 4 rings (SSSR count). The first-order chi connectivity index (χ1) is 13.0. The van der Waals surface area contributed by atoms with Gasteiger partial charge in [0.1, 0.15) is 5.82 Å². The van der Waals surface area contributed by atoms with E-state index in [9.17, 15) is 4.79 Å². The lowest BCUT2D eigenvalue weighted by molar-refractivity contribution is -0.117. The van der Waals surface area contributed by atoms with Crippen molar-refractivity contribution in [3.8, 4) is 11.3 Å². The second kappa shape index (κ2) is 6.68. The van der Waals surface area contributed by atoms with Gasteiger partial charge in [0.15, 0.2) is 0 Å². The van der Waals surface area contributed by atoms with Crippen LogP contribution in [0.15, 0.2) is 30.6 Å². The second-order valence-electron chi connectivity index (χ2n) is 7.33. The van der Waals surface area contributed by atoms with Crippen LogP contribution >= 0.6 is 0 Å². The van der Waals surface area contributed by atoms with E-state index in [0.29, 0.717) is 13.0 Å². The topological polar surface area (TPSA) is 66.8 Å². The smallest absolute Gasteiger partial charge is 0.227 e. The molecular weight excluding hydrogens is 338 g/mol. The summed E-state index contributed by atoms with van der Waals surface area (Å²) in [5.41, 5.74) is 6.40. The summed E-state index contributed by atoms with van der Waals surface area (Å²) in [6.45, 7) is 6.85. The molecule has 1 aliphatic heterocycles. The number of hydrogen-bond acceptors (Lipinski definition) is 3. The Kier molecular flexibility index (Phi) is 4.34. The van der Waals surface area contributed by atoms with Gasteiger partial charge < -0.3 is 9.88 Å². The van der Waals surface area contributed by atoms with Crippen molar-refractivity contribution in [3.05, 3.63) is 53.2 Å². The van der Waals surface area contributed by atoms with Crippen molar-refractivity contribution in [1.29, 1.82) is 0 Å². The molecule has 1 atom stereocenters. The normalized spacial score (nSPS) is 17.1. The monoisotopic (exact) mass is 363 g/mol. The Bertz CT molecular complexity index is 1000. The molecule has 27 heavy (non-hydrogen) atoms. The van der Waals surface area contributed by atoms with Crippen LogP contribution in [-0.4, -0.2) is 32.2 Å². The van der Waals surface area contributed by atoms with E-state index in [2.05, 4.69) is 47.1 Å². The van der Waals surface area contributed by atoms with Gasteiger partial charge in [0.2, 0.25) is 5.91 Å². The third-order valence-corrected chi connectivity index (χ3v) is 5.38. The zero-order chi connectivity index (χ0) is 19.1. The number of nitrogens with zero attached hydrogens (tertiary/aromatic N) is 4. The number of carbonyl (C=O) groups excluding carboxylic acids is 1. The maximum atomic E-state index is 12.8. The zero-order valence-corrected chi connectivity index (χ0v) is 16.3. The summed E-state index contributed by atoms with van der Waals surface area (Å²) in [5.74, 6) is 1.11. The molecule has 0 bridgehead atoms. The molecule has 3 heterocycles. The number of aromatic nitrogens is 4. The SMILES string of the molecule is CCc1cccc(C)c1N1C[C@@H](c2ncc(-c3cn(C)nc3C)[nH]2)CC1=O. The third-order valence-electron chi connectivity index (χ3n) is 5.38. The quantitative estimate of drug-likeness (QED) is 0.771. The molecule has 0 aliphatic carbocycles. The molecule has 3 aromatic rings. The lowest BCUT2D eigenvalue weighted by Crippen LogP contribution is -2.26. The van der Waals surface area contributed by atoms with Gasteiger partial charge in [0.05, 0.1) is 17.6 Å². The molecule has 1 saturated heterocycles. The molecule has 1 fully saturated rings. The van der Waals surface area contributed by atoms with E-state index in [4.69, 9.17) is 0 Å². The second-order valence-corrected chi connectivity index (χ2v) is 7.33. The van der Waals surface area contributed by atoms with E-state index in [0.717, 1.165) is 40.4 Å². The first-order valence-corrected chi connectivity index (χ1v) is 9.42. The zero-order valence-electron chi connectivity index (χ0n) is 16.3. The van der Waals surface area contributed by atoms with Crippen molar-refractivity contribution < 1.29 is 4.79 Å². The van der Waals surface area contributed by atoms with Crippen LogP contribution in [0, 0.1) is 13.8 Å². The summed E-state index contributed by atoms with van der Waals surface area (Å²) in [5, 5.41) is 4.39. The average Bonchev–Trinajstić information content (AvgIpc) is 3.33. The molecule has 2 aromatic heterocycles. The fraction of sp³-hybridized carbons (Fsp3) is 0.381. The van der Waals surface area contributed by atoms with E-state index in [1.54, 1.807) is 4.68 Å². The van der Waals surface area contributed by atoms with Gasteiger partial charge in [-0.1, -0.05) is 25.1 Å². The number of amides is 1. The number of rotatable bonds is 4. The number of carbonyl (C=O) groups is 1. The van der Waals surface area contributed by atoms with Crippen LogP contribution in [0.25, 0.3) is 11.3 Å². The van der Waals surface area contributed by atoms with Gasteiger partial charge in [0.25, 0.3) is 0 Å². The van der Waals surface area contributed by atoms with E-state index < -0.39 is 0 Å². The van der Waals surface area contributed by atoms with Crippen molar-refractivity contribution in [3.63, 3.8) is 0 Å². The highest BCUT2D eigenvalue weighted by Gasteiger charge is 2.34. The molecule has 140 valence electrons. The van der Waals surface area contributed by atoms with Gasteiger partial charge in [-0.3, -0.25) is 9.48 Å². The maximum Gasteiger partial charge on any atom is 0.227 e. The predicted molar refractivity (Wildman–Crippen MR) is 106 cm³/mol. The maximum absolute atomic E-state index is 12.8. The molecule has 1 aliphatic rings. The van der Waals surface area contributed by atoms with Gasteiger partial charge in [-0.25, -0.2) is 4.98 Å². The number of aryl methyl sites for hydroxylation is 4. The van der Waals surface area contributed by atoms with Gasteiger partial charge in [0, 0.05) is 43.4 Å². The first-order valence-electron chi connectivity index (χ1n) is 9.42. The van der Waals surface area contributed by atoms with E-state index >= 15 is 0 Å². The number of hydrogen-bond donors (Lipinski definition) is 1. The van der Waals surface area contributed by atoms with Crippen LogP contribution < -0.4 is 4.90 Å². The largest absolute Gasteiger partial charge is 0.342 e. The molecule has 6 heteroatoms. The number of H-pyrrole nitrogens is 1. The van der Waals surface area contributed by atoms with Crippen molar-refractivity contribution in [1.82, 2.24) is 19.7 Å². The van der Waals surface area contributed by atoms with E-state index in [1.807, 2.05) is 31.3 Å². The molecule has 0 radical (unpaired) electrons. The summed E-state index contributed by atoms with van der Waals surface area (Å²) in [7, 11) is 1.91. The molecule has 0 saturated carbocycles. The van der Waals surface area contributed by atoms with Crippen molar-refractivity contribution >= 4 is 11.6 Å². The lowest BCUT2D eigenvalue weighted by atomic mass is 10.0. The number of aromatic amines is 1. The van der Waals surface area contributed by atoms with E-state index in [1.165, 1.54) is 5.56 Å². The van der Waals surface area contributed by atoms with Crippen molar-refractivity contribution in [2.75, 3.05) is 11.4 Å². The Morgan fingerprint density at radius 2 is 2.11 bits per heavy atom. The predicted octanol–water partition coefficient (Wildman–Crippen LogP) is 3.51. The Balaban J connectivity index is 1.61. The fourth-order valence-corrected chi connectivity index (χ4v) is 4.04. The number of benzene rings is 1. The summed E-state index contributed by atoms with van der Waals surface area (Å²) >= 11 is 0. The van der Waals surface area contributed by atoms with Gasteiger partial charge >= 0.3 is 0 Å². The summed E-state index contributed by atoms with van der Waals surface area (Å²) in [6, 6.07) is 6.25. The molecule has 0 spiro atoms. The number of imidazole rings is 1. The first kappa shape index (κ1) is 17.5. The molecule has 1 N–H and O–H groups in total. The van der Waals surface area contributed by atoms with Gasteiger partial charge in [-0.05, 0) is 31.4 Å². The minimum atomic E-state index is 0.0764. The summed E-state index contributed by atoms with van der Waals surface area (Å²) in [4.78, 5) is 22.7. The van der Waals surface area contributed by atoms with Crippen LogP contribution in [0.1, 0.15) is 41.9 Å². The Hall–Kier alpha value is -2.89. The number of anilines is 1. The van der Waals surface area contributed by atoms with Crippen molar-refractivity contribution in [2.24, 2.45) is 7.05 Å².